The molecular weight excluding hydrogens is 366 g/mol. The number of piperidine rings is 1. The highest BCUT2D eigenvalue weighted by Crippen LogP contribution is 2.22. The largest absolute Gasteiger partial charge is 0.354 e. The molecule has 0 saturated carbocycles. The maximum atomic E-state index is 12.7. The fourth-order valence-corrected chi connectivity index (χ4v) is 4.41. The molecule has 154 valence electrons. The molecule has 0 radical (unpaired) electrons. The monoisotopic (exact) mass is 395 g/mol. The van der Waals surface area contributed by atoms with Gasteiger partial charge >= 0.3 is 0 Å². The van der Waals surface area contributed by atoms with Crippen molar-refractivity contribution in [2.45, 2.75) is 51.6 Å². The molecule has 1 aliphatic heterocycles. The predicted octanol–water partition coefficient (Wildman–Crippen LogP) is 2.65. The molecule has 0 bridgehead atoms. The Labute approximate surface area is 170 Å². The van der Waals surface area contributed by atoms with Gasteiger partial charge in [-0.2, -0.15) is 5.10 Å². The van der Waals surface area contributed by atoms with Gasteiger partial charge in [0, 0.05) is 35.4 Å². The highest BCUT2D eigenvalue weighted by atomic mass is 16.2. The summed E-state index contributed by atoms with van der Waals surface area (Å²) in [7, 11) is 0. The van der Waals surface area contributed by atoms with Crippen molar-refractivity contribution in [2.24, 2.45) is 0 Å². The van der Waals surface area contributed by atoms with Crippen LogP contribution in [0.2, 0.25) is 0 Å². The fraction of sp³-hybridized carbons (Fsp3) is 0.500. The van der Waals surface area contributed by atoms with Crippen molar-refractivity contribution in [3.05, 3.63) is 40.8 Å². The number of benzene rings is 1. The number of amides is 1. The molecule has 4 rings (SSSR count). The minimum Gasteiger partial charge on any atom is -0.354 e. The molecule has 7 nitrogen and oxygen atoms in total. The minimum absolute atomic E-state index is 0.0640. The number of H-pyrrole nitrogens is 1. The zero-order valence-electron chi connectivity index (χ0n) is 17.0. The lowest BCUT2D eigenvalue weighted by Crippen LogP contribution is -2.41. The molecule has 2 N–H and O–H groups in total. The van der Waals surface area contributed by atoms with Crippen LogP contribution in [-0.2, 0) is 11.3 Å². The number of nitrogens with zero attached hydrogens (tertiary/aromatic N) is 3. The van der Waals surface area contributed by atoms with Crippen molar-refractivity contribution < 1.29 is 4.79 Å². The van der Waals surface area contributed by atoms with Gasteiger partial charge in [0.1, 0.15) is 12.1 Å². The number of fused-ring (bicyclic) bond motifs is 3. The minimum atomic E-state index is -0.270. The second kappa shape index (κ2) is 8.78. The zero-order valence-corrected chi connectivity index (χ0v) is 17.0. The van der Waals surface area contributed by atoms with E-state index in [4.69, 9.17) is 0 Å². The second-order valence-electron chi connectivity index (χ2n) is 7.86. The van der Waals surface area contributed by atoms with Crippen molar-refractivity contribution in [1.82, 2.24) is 25.0 Å². The Bertz CT molecular complexity index is 1050. The number of carbonyl (C=O) groups is 1. The molecule has 2 aromatic heterocycles. The van der Waals surface area contributed by atoms with Crippen LogP contribution in [0.4, 0.5) is 0 Å². The number of hydrogen-bond donors (Lipinski definition) is 2. The van der Waals surface area contributed by atoms with E-state index in [0.717, 1.165) is 35.8 Å². The number of para-hydroxylation sites is 1. The van der Waals surface area contributed by atoms with E-state index in [1.165, 1.54) is 30.4 Å². The van der Waals surface area contributed by atoms with E-state index >= 15 is 0 Å². The van der Waals surface area contributed by atoms with Crippen molar-refractivity contribution >= 4 is 27.7 Å². The topological polar surface area (TPSA) is 83.0 Å². The second-order valence-corrected chi connectivity index (χ2v) is 7.86. The summed E-state index contributed by atoms with van der Waals surface area (Å²) in [4.78, 5) is 30.7. The molecule has 3 aromatic rings. The van der Waals surface area contributed by atoms with Crippen LogP contribution in [0.3, 0.4) is 0 Å². The maximum Gasteiger partial charge on any atom is 0.291 e. The summed E-state index contributed by atoms with van der Waals surface area (Å²) in [6.07, 6.45) is 7.66. The molecule has 7 heteroatoms. The Morgan fingerprint density at radius 3 is 3.00 bits per heavy atom. The van der Waals surface area contributed by atoms with Crippen LogP contribution in [0.25, 0.3) is 21.8 Å². The Morgan fingerprint density at radius 2 is 2.14 bits per heavy atom. The number of rotatable bonds is 7. The Morgan fingerprint density at radius 1 is 1.28 bits per heavy atom. The molecule has 0 aliphatic carbocycles. The van der Waals surface area contributed by atoms with E-state index in [0.29, 0.717) is 18.1 Å². The van der Waals surface area contributed by atoms with Crippen LogP contribution < -0.4 is 10.9 Å². The molecule has 1 fully saturated rings. The average Bonchev–Trinajstić information content (AvgIpc) is 3.13. The number of carbonyl (C=O) groups excluding carboxylic acids is 1. The lowest BCUT2D eigenvalue weighted by Gasteiger charge is -2.35. The van der Waals surface area contributed by atoms with Crippen LogP contribution >= 0.6 is 0 Å². The van der Waals surface area contributed by atoms with Crippen molar-refractivity contribution in [3.63, 3.8) is 0 Å². The lowest BCUT2D eigenvalue weighted by atomic mass is 10.00. The Kier molecular flexibility index (Phi) is 5.94. The molecule has 1 saturated heterocycles. The number of aromatic nitrogens is 3. The smallest absolute Gasteiger partial charge is 0.291 e. The number of nitrogens with one attached hydrogen (secondary N) is 2. The van der Waals surface area contributed by atoms with E-state index in [2.05, 4.69) is 27.2 Å². The molecular formula is C22H29N5O2. The van der Waals surface area contributed by atoms with E-state index in [-0.39, 0.29) is 18.0 Å². The summed E-state index contributed by atoms with van der Waals surface area (Å²) in [5.74, 6) is -0.180. The summed E-state index contributed by atoms with van der Waals surface area (Å²) >= 11 is 0. The summed E-state index contributed by atoms with van der Waals surface area (Å²) < 4.78 is 1.23. The third-order valence-corrected chi connectivity index (χ3v) is 5.98. The van der Waals surface area contributed by atoms with Gasteiger partial charge in [0.15, 0.2) is 0 Å². The summed E-state index contributed by atoms with van der Waals surface area (Å²) in [5.41, 5.74) is 1.12. The van der Waals surface area contributed by atoms with Crippen molar-refractivity contribution in [1.29, 1.82) is 0 Å². The fourth-order valence-electron chi connectivity index (χ4n) is 4.41. The van der Waals surface area contributed by atoms with E-state index in [9.17, 15) is 9.59 Å². The number of hydrogen-bond acceptors (Lipinski definition) is 4. The number of likely N-dealkylation sites (tertiary alicyclic amines) is 1. The van der Waals surface area contributed by atoms with Gasteiger partial charge in [0.2, 0.25) is 5.91 Å². The first-order chi connectivity index (χ1) is 14.2. The molecule has 29 heavy (non-hydrogen) atoms. The highest BCUT2D eigenvalue weighted by Gasteiger charge is 2.20. The van der Waals surface area contributed by atoms with Crippen LogP contribution in [0.15, 0.2) is 35.3 Å². The van der Waals surface area contributed by atoms with Gasteiger partial charge in [-0.3, -0.25) is 9.59 Å². The SMILES string of the molecule is CCC1CCCCN1CCCNC(=O)Cn1ncc2c([nH]c3ccccc32)c1=O. The van der Waals surface area contributed by atoms with Crippen molar-refractivity contribution in [3.8, 4) is 0 Å². The summed E-state index contributed by atoms with van der Waals surface area (Å²) in [6, 6.07) is 8.42. The van der Waals surface area contributed by atoms with Crippen LogP contribution in [-0.4, -0.2) is 51.2 Å². The quantitative estimate of drug-likeness (QED) is 0.603. The molecule has 1 unspecified atom stereocenters. The molecule has 0 spiro atoms. The summed E-state index contributed by atoms with van der Waals surface area (Å²) in [5, 5.41) is 8.89. The molecule has 1 amide bonds. The molecule has 1 aliphatic rings. The third kappa shape index (κ3) is 4.19. The Balaban J connectivity index is 1.33. The maximum absolute atomic E-state index is 12.7. The lowest BCUT2D eigenvalue weighted by molar-refractivity contribution is -0.121. The average molecular weight is 396 g/mol. The van der Waals surface area contributed by atoms with Crippen LogP contribution in [0.1, 0.15) is 39.0 Å². The van der Waals surface area contributed by atoms with E-state index in [1.807, 2.05) is 24.3 Å². The van der Waals surface area contributed by atoms with Crippen LogP contribution in [0.5, 0.6) is 0 Å². The normalized spacial score (nSPS) is 17.8. The number of aromatic amines is 1. The van der Waals surface area contributed by atoms with Gasteiger partial charge in [-0.25, -0.2) is 4.68 Å². The summed E-state index contributed by atoms with van der Waals surface area (Å²) in [6.45, 7) is 4.98. The van der Waals surface area contributed by atoms with Gasteiger partial charge < -0.3 is 15.2 Å². The molecule has 1 atom stereocenters. The highest BCUT2D eigenvalue weighted by molar-refractivity contribution is 6.06. The van der Waals surface area contributed by atoms with Crippen LogP contribution in [0, 0.1) is 0 Å². The molecule has 3 heterocycles. The van der Waals surface area contributed by atoms with E-state index < -0.39 is 0 Å². The zero-order chi connectivity index (χ0) is 20.2. The van der Waals surface area contributed by atoms with Gasteiger partial charge in [-0.05, 0) is 38.3 Å². The van der Waals surface area contributed by atoms with Gasteiger partial charge in [-0.15, -0.1) is 0 Å². The standard InChI is InChI=1S/C22H29N5O2/c1-2-16-8-5-6-12-26(16)13-7-11-23-20(28)15-27-22(29)21-18(14-24-27)17-9-3-4-10-19(17)25-21/h3-4,9-10,14,16,25H,2,5-8,11-13,15H2,1H3,(H,23,28). The first-order valence-corrected chi connectivity index (χ1v) is 10.6. The Hall–Kier alpha value is -2.67. The predicted molar refractivity (Wildman–Crippen MR) is 115 cm³/mol. The van der Waals surface area contributed by atoms with Gasteiger partial charge in [0.25, 0.3) is 5.56 Å². The molecule has 1 aromatic carbocycles. The van der Waals surface area contributed by atoms with E-state index in [1.54, 1.807) is 6.20 Å². The first kappa shape index (κ1) is 19.6. The van der Waals surface area contributed by atoms with Crippen molar-refractivity contribution in [2.75, 3.05) is 19.6 Å². The first-order valence-electron chi connectivity index (χ1n) is 10.6. The third-order valence-electron chi connectivity index (χ3n) is 5.98. The van der Waals surface area contributed by atoms with Gasteiger partial charge in [-0.1, -0.05) is 31.5 Å². The van der Waals surface area contributed by atoms with Gasteiger partial charge in [0.05, 0.1) is 6.20 Å².